The Labute approximate surface area is 243 Å². The lowest BCUT2D eigenvalue weighted by Crippen LogP contribution is -2.23. The first-order chi connectivity index (χ1) is 17.2. The summed E-state index contributed by atoms with van der Waals surface area (Å²) in [6, 6.07) is 14.7. The lowest BCUT2D eigenvalue weighted by atomic mass is 10.1. The fraction of sp³-hybridized carbons (Fsp3) is 0.192. The summed E-state index contributed by atoms with van der Waals surface area (Å²) in [6.07, 6.45) is 2.35. The van der Waals surface area contributed by atoms with E-state index in [0.29, 0.717) is 38.1 Å². The molecule has 3 aromatic carbocycles. The zero-order chi connectivity index (χ0) is 26.0. The van der Waals surface area contributed by atoms with Crippen LogP contribution in [-0.2, 0) is 6.61 Å². The standard InChI is InChI=1S/C26H20Br3Cl2N3O2/c1-3-14(2)25-33-23-7-6-17(27)10-19(23)26(35)34(25)32-12-15-8-21(30)24(22(31)9-15)36-13-16-4-5-18(28)11-20(16)29/h4-12,14H,3,13H2,1-2H3/t14-/m0/s1. The van der Waals surface area contributed by atoms with E-state index in [2.05, 4.69) is 52.9 Å². The average molecular weight is 717 g/mol. The summed E-state index contributed by atoms with van der Waals surface area (Å²) in [5.74, 6) is 0.995. The predicted octanol–water partition coefficient (Wildman–Crippen LogP) is 8.97. The van der Waals surface area contributed by atoms with E-state index in [1.165, 1.54) is 4.68 Å². The van der Waals surface area contributed by atoms with Gasteiger partial charge in [-0.25, -0.2) is 4.98 Å². The Kier molecular flexibility index (Phi) is 8.94. The number of hydrogen-bond donors (Lipinski definition) is 0. The molecule has 0 aliphatic rings. The van der Waals surface area contributed by atoms with E-state index < -0.39 is 0 Å². The summed E-state index contributed by atoms with van der Waals surface area (Å²) in [5.41, 5.74) is 1.96. The van der Waals surface area contributed by atoms with Gasteiger partial charge >= 0.3 is 0 Å². The summed E-state index contributed by atoms with van der Waals surface area (Å²) in [5, 5.41) is 5.64. The van der Waals surface area contributed by atoms with E-state index in [0.717, 1.165) is 25.4 Å². The fourth-order valence-electron chi connectivity index (χ4n) is 3.48. The molecule has 1 aromatic heterocycles. The van der Waals surface area contributed by atoms with E-state index in [1.807, 2.05) is 44.2 Å². The van der Waals surface area contributed by atoms with Crippen LogP contribution in [-0.4, -0.2) is 15.9 Å². The molecule has 36 heavy (non-hydrogen) atoms. The van der Waals surface area contributed by atoms with Crippen LogP contribution in [0.1, 0.15) is 43.1 Å². The molecule has 0 bridgehead atoms. The van der Waals surface area contributed by atoms with Crippen molar-refractivity contribution < 1.29 is 4.74 Å². The van der Waals surface area contributed by atoms with Crippen molar-refractivity contribution in [3.8, 4) is 5.75 Å². The van der Waals surface area contributed by atoms with E-state index >= 15 is 0 Å². The molecule has 0 radical (unpaired) electrons. The van der Waals surface area contributed by atoms with Gasteiger partial charge in [0.1, 0.15) is 12.4 Å². The van der Waals surface area contributed by atoms with Gasteiger partial charge in [-0.3, -0.25) is 4.79 Å². The minimum atomic E-state index is -0.245. The number of benzene rings is 3. The zero-order valence-electron chi connectivity index (χ0n) is 19.2. The Hall–Kier alpha value is -1.71. The number of rotatable bonds is 7. The Morgan fingerprint density at radius 2 is 1.72 bits per heavy atom. The lowest BCUT2D eigenvalue weighted by Gasteiger charge is -2.14. The van der Waals surface area contributed by atoms with Gasteiger partial charge in [0.25, 0.3) is 5.56 Å². The maximum absolute atomic E-state index is 13.3. The molecule has 0 unspecified atom stereocenters. The Morgan fingerprint density at radius 1 is 1.06 bits per heavy atom. The van der Waals surface area contributed by atoms with Crippen molar-refractivity contribution >= 4 is 88.1 Å². The molecule has 0 saturated heterocycles. The Balaban J connectivity index is 1.66. The van der Waals surface area contributed by atoms with Crippen molar-refractivity contribution in [3.05, 3.63) is 99.3 Å². The molecule has 5 nitrogen and oxygen atoms in total. The van der Waals surface area contributed by atoms with Gasteiger partial charge in [-0.05, 0) is 54.4 Å². The third kappa shape index (κ3) is 6.05. The molecular weight excluding hydrogens is 697 g/mol. The second-order valence-electron chi connectivity index (χ2n) is 8.14. The van der Waals surface area contributed by atoms with Crippen LogP contribution in [0.3, 0.4) is 0 Å². The first-order valence-corrected chi connectivity index (χ1v) is 14.1. The summed E-state index contributed by atoms with van der Waals surface area (Å²) in [4.78, 5) is 18.0. The van der Waals surface area contributed by atoms with E-state index in [4.69, 9.17) is 32.9 Å². The van der Waals surface area contributed by atoms with Crippen molar-refractivity contribution in [1.82, 2.24) is 9.66 Å². The van der Waals surface area contributed by atoms with Crippen molar-refractivity contribution in [1.29, 1.82) is 0 Å². The topological polar surface area (TPSA) is 56.5 Å². The highest BCUT2D eigenvalue weighted by Crippen LogP contribution is 2.35. The molecular formula is C26H20Br3Cl2N3O2. The van der Waals surface area contributed by atoms with Gasteiger partial charge < -0.3 is 4.74 Å². The van der Waals surface area contributed by atoms with Gasteiger partial charge in [0, 0.05) is 24.9 Å². The molecule has 0 N–H and O–H groups in total. The number of aromatic nitrogens is 2. The maximum Gasteiger partial charge on any atom is 0.282 e. The largest absolute Gasteiger partial charge is 0.486 e. The van der Waals surface area contributed by atoms with Crippen molar-refractivity contribution in [2.75, 3.05) is 0 Å². The molecule has 4 rings (SSSR count). The fourth-order valence-corrected chi connectivity index (χ4v) is 5.62. The van der Waals surface area contributed by atoms with Crippen molar-refractivity contribution in [2.24, 2.45) is 5.10 Å². The second-order valence-corrected chi connectivity index (χ2v) is 11.6. The first kappa shape index (κ1) is 27.3. The summed E-state index contributed by atoms with van der Waals surface area (Å²) >= 11 is 23.4. The van der Waals surface area contributed by atoms with Crippen LogP contribution in [0.25, 0.3) is 10.9 Å². The van der Waals surface area contributed by atoms with Gasteiger partial charge in [0.2, 0.25) is 0 Å². The number of fused-ring (bicyclic) bond motifs is 1. The van der Waals surface area contributed by atoms with Crippen LogP contribution in [0.15, 0.2) is 71.8 Å². The summed E-state index contributed by atoms with van der Waals surface area (Å²) < 4.78 is 9.93. The van der Waals surface area contributed by atoms with Crippen LogP contribution in [0.4, 0.5) is 0 Å². The molecule has 0 spiro atoms. The summed E-state index contributed by atoms with van der Waals surface area (Å²) in [7, 11) is 0. The van der Waals surface area contributed by atoms with E-state index in [1.54, 1.807) is 24.4 Å². The minimum Gasteiger partial charge on any atom is -0.486 e. The van der Waals surface area contributed by atoms with Gasteiger partial charge in [-0.1, -0.05) is 90.9 Å². The highest BCUT2D eigenvalue weighted by Gasteiger charge is 2.16. The number of hydrogen-bond acceptors (Lipinski definition) is 4. The molecule has 0 aliphatic carbocycles. The van der Waals surface area contributed by atoms with Gasteiger partial charge in [-0.2, -0.15) is 9.78 Å². The van der Waals surface area contributed by atoms with Crippen LogP contribution in [0.5, 0.6) is 5.75 Å². The molecule has 4 aromatic rings. The number of nitrogens with zero attached hydrogens (tertiary/aromatic N) is 3. The maximum atomic E-state index is 13.3. The van der Waals surface area contributed by atoms with Gasteiger partial charge in [0.15, 0.2) is 5.75 Å². The number of halogens is 5. The molecule has 1 atom stereocenters. The van der Waals surface area contributed by atoms with Crippen LogP contribution >= 0.6 is 71.0 Å². The predicted molar refractivity (Wildman–Crippen MR) is 158 cm³/mol. The molecule has 0 amide bonds. The second kappa shape index (κ2) is 11.8. The van der Waals surface area contributed by atoms with E-state index in [9.17, 15) is 4.79 Å². The lowest BCUT2D eigenvalue weighted by molar-refractivity contribution is 0.306. The van der Waals surface area contributed by atoms with Crippen LogP contribution < -0.4 is 10.3 Å². The SMILES string of the molecule is CC[C@H](C)c1nc2ccc(Br)cc2c(=O)n1N=Cc1cc(Cl)c(OCc2ccc(Br)cc2Br)c(Cl)c1. The Bertz CT molecular complexity index is 1520. The highest BCUT2D eigenvalue weighted by molar-refractivity contribution is 9.11. The minimum absolute atomic E-state index is 0.0313. The van der Waals surface area contributed by atoms with Gasteiger partial charge in [0.05, 0.1) is 27.2 Å². The normalized spacial score (nSPS) is 12.4. The molecule has 186 valence electrons. The molecule has 10 heteroatoms. The monoisotopic (exact) mass is 713 g/mol. The summed E-state index contributed by atoms with van der Waals surface area (Å²) in [6.45, 7) is 4.34. The first-order valence-electron chi connectivity index (χ1n) is 11.0. The highest BCUT2D eigenvalue weighted by atomic mass is 79.9. The van der Waals surface area contributed by atoms with Crippen LogP contribution in [0, 0.1) is 0 Å². The molecule has 0 aliphatic heterocycles. The van der Waals surface area contributed by atoms with E-state index in [-0.39, 0.29) is 18.1 Å². The third-order valence-corrected chi connectivity index (χ3v) is 7.90. The zero-order valence-corrected chi connectivity index (χ0v) is 25.5. The average Bonchev–Trinajstić information content (AvgIpc) is 2.83. The van der Waals surface area contributed by atoms with Crippen molar-refractivity contribution in [2.45, 2.75) is 32.8 Å². The van der Waals surface area contributed by atoms with Crippen LogP contribution in [0.2, 0.25) is 10.0 Å². The molecule has 1 heterocycles. The smallest absolute Gasteiger partial charge is 0.282 e. The quantitative estimate of drug-likeness (QED) is 0.180. The van der Waals surface area contributed by atoms with Crippen molar-refractivity contribution in [3.63, 3.8) is 0 Å². The molecule has 0 fully saturated rings. The number of ether oxygens (including phenoxy) is 1. The third-order valence-electron chi connectivity index (χ3n) is 5.62. The molecule has 0 saturated carbocycles. The Morgan fingerprint density at radius 3 is 2.39 bits per heavy atom. The van der Waals surface area contributed by atoms with Gasteiger partial charge in [-0.15, -0.1) is 0 Å².